The van der Waals surface area contributed by atoms with Crippen LogP contribution in [0.2, 0.25) is 0 Å². The van der Waals surface area contributed by atoms with Crippen molar-refractivity contribution in [3.8, 4) is 17.0 Å². The number of carbonyl (C=O) groups excluding carboxylic acids is 1. The predicted octanol–water partition coefficient (Wildman–Crippen LogP) is 2.77. The first kappa shape index (κ1) is 15.0. The summed E-state index contributed by atoms with van der Waals surface area (Å²) < 4.78 is 5.24. The number of amides is 1. The van der Waals surface area contributed by atoms with Crippen LogP contribution in [-0.2, 0) is 0 Å². The molecule has 0 saturated heterocycles. The van der Waals surface area contributed by atoms with Gasteiger partial charge in [-0.1, -0.05) is 19.1 Å². The van der Waals surface area contributed by atoms with Crippen molar-refractivity contribution in [2.75, 3.05) is 13.7 Å². The van der Waals surface area contributed by atoms with E-state index in [1.807, 2.05) is 31.2 Å². The van der Waals surface area contributed by atoms with Crippen molar-refractivity contribution in [1.29, 1.82) is 0 Å². The van der Waals surface area contributed by atoms with Crippen LogP contribution in [-0.4, -0.2) is 34.5 Å². The van der Waals surface area contributed by atoms with Gasteiger partial charge in [-0.3, -0.25) is 4.79 Å². The lowest BCUT2D eigenvalue weighted by Gasteiger charge is -2.05. The van der Waals surface area contributed by atoms with Gasteiger partial charge in [0.15, 0.2) is 5.65 Å². The van der Waals surface area contributed by atoms with Gasteiger partial charge in [0.05, 0.1) is 24.6 Å². The van der Waals surface area contributed by atoms with E-state index in [0.29, 0.717) is 29.0 Å². The summed E-state index contributed by atoms with van der Waals surface area (Å²) in [7, 11) is 1.62. The molecular weight excluding hydrogens is 292 g/mol. The van der Waals surface area contributed by atoms with Gasteiger partial charge in [0.25, 0.3) is 5.91 Å². The second-order valence-electron chi connectivity index (χ2n) is 5.14. The maximum absolute atomic E-state index is 12.2. The van der Waals surface area contributed by atoms with Gasteiger partial charge < -0.3 is 15.0 Å². The van der Waals surface area contributed by atoms with Crippen molar-refractivity contribution in [3.05, 3.63) is 42.2 Å². The minimum atomic E-state index is -0.143. The Balaban J connectivity index is 2.01. The molecule has 3 aromatic rings. The molecule has 6 heteroatoms. The van der Waals surface area contributed by atoms with E-state index in [4.69, 9.17) is 4.74 Å². The molecule has 0 atom stereocenters. The molecule has 2 aromatic heterocycles. The summed E-state index contributed by atoms with van der Waals surface area (Å²) in [6, 6.07) is 7.59. The quantitative estimate of drug-likeness (QED) is 0.759. The average molecular weight is 310 g/mol. The minimum absolute atomic E-state index is 0.143. The van der Waals surface area contributed by atoms with Crippen LogP contribution in [0.25, 0.3) is 22.4 Å². The topological polar surface area (TPSA) is 79.9 Å². The van der Waals surface area contributed by atoms with Crippen LogP contribution in [0.3, 0.4) is 0 Å². The first-order valence-electron chi connectivity index (χ1n) is 7.49. The fourth-order valence-corrected chi connectivity index (χ4v) is 2.32. The van der Waals surface area contributed by atoms with Gasteiger partial charge in [-0.25, -0.2) is 9.97 Å². The zero-order chi connectivity index (χ0) is 16.2. The number of ether oxygens (including phenoxy) is 1. The molecule has 2 heterocycles. The Kier molecular flexibility index (Phi) is 4.23. The van der Waals surface area contributed by atoms with Gasteiger partial charge in [0.1, 0.15) is 11.3 Å². The largest absolute Gasteiger partial charge is 0.497 e. The predicted molar refractivity (Wildman–Crippen MR) is 88.5 cm³/mol. The van der Waals surface area contributed by atoms with E-state index < -0.39 is 0 Å². The first-order valence-corrected chi connectivity index (χ1v) is 7.49. The molecule has 0 aliphatic heterocycles. The number of hydrogen-bond donors (Lipinski definition) is 2. The van der Waals surface area contributed by atoms with E-state index in [-0.39, 0.29) is 5.91 Å². The SMILES string of the molecule is CCCNC(=O)c1c[nH]c2ncc(-c3cccc(OC)c3)nc12. The Labute approximate surface area is 133 Å². The van der Waals surface area contributed by atoms with Crippen LogP contribution in [0.5, 0.6) is 5.75 Å². The molecule has 0 fully saturated rings. The molecule has 0 spiro atoms. The molecular formula is C17H18N4O2. The number of hydrogen-bond acceptors (Lipinski definition) is 4. The lowest BCUT2D eigenvalue weighted by Crippen LogP contribution is -2.23. The molecule has 0 saturated carbocycles. The first-order chi connectivity index (χ1) is 11.2. The fraction of sp³-hybridized carbons (Fsp3) is 0.235. The van der Waals surface area contributed by atoms with E-state index in [2.05, 4.69) is 20.3 Å². The number of methoxy groups -OCH3 is 1. The van der Waals surface area contributed by atoms with Gasteiger partial charge >= 0.3 is 0 Å². The Bertz CT molecular complexity index is 841. The number of nitrogens with zero attached hydrogens (tertiary/aromatic N) is 2. The van der Waals surface area contributed by atoms with Gasteiger partial charge in [0, 0.05) is 18.3 Å². The Morgan fingerprint density at radius 2 is 2.26 bits per heavy atom. The average Bonchev–Trinajstić information content (AvgIpc) is 3.03. The highest BCUT2D eigenvalue weighted by atomic mass is 16.5. The number of fused-ring (bicyclic) bond motifs is 1. The highest BCUT2D eigenvalue weighted by Crippen LogP contribution is 2.24. The molecule has 23 heavy (non-hydrogen) atoms. The summed E-state index contributed by atoms with van der Waals surface area (Å²) in [5, 5.41) is 2.86. The maximum Gasteiger partial charge on any atom is 0.255 e. The van der Waals surface area contributed by atoms with Gasteiger partial charge in [-0.05, 0) is 18.6 Å². The lowest BCUT2D eigenvalue weighted by molar-refractivity contribution is 0.0955. The van der Waals surface area contributed by atoms with Crippen molar-refractivity contribution in [1.82, 2.24) is 20.3 Å². The van der Waals surface area contributed by atoms with Crippen LogP contribution < -0.4 is 10.1 Å². The second-order valence-corrected chi connectivity index (χ2v) is 5.14. The standard InChI is InChI=1S/C17H18N4O2/c1-3-7-18-17(22)13-9-19-16-15(13)21-14(10-20-16)11-5-4-6-12(8-11)23-2/h4-6,8-10H,3,7H2,1-2H3,(H,18,22)(H,19,20). The zero-order valence-corrected chi connectivity index (χ0v) is 13.1. The summed E-state index contributed by atoms with van der Waals surface area (Å²) in [6.07, 6.45) is 4.21. The third-order valence-electron chi connectivity index (χ3n) is 3.53. The summed E-state index contributed by atoms with van der Waals surface area (Å²) in [4.78, 5) is 24.2. The molecule has 118 valence electrons. The monoisotopic (exact) mass is 310 g/mol. The minimum Gasteiger partial charge on any atom is -0.497 e. The van der Waals surface area contributed by atoms with E-state index >= 15 is 0 Å². The summed E-state index contributed by atoms with van der Waals surface area (Å²) in [5.74, 6) is 0.606. The molecule has 2 N–H and O–H groups in total. The molecule has 6 nitrogen and oxygen atoms in total. The molecule has 0 aliphatic rings. The van der Waals surface area contributed by atoms with Crippen molar-refractivity contribution in [2.45, 2.75) is 13.3 Å². The number of carbonyl (C=O) groups is 1. The highest BCUT2D eigenvalue weighted by molar-refractivity contribution is 6.04. The number of benzene rings is 1. The van der Waals surface area contributed by atoms with Crippen LogP contribution in [0.4, 0.5) is 0 Å². The summed E-state index contributed by atoms with van der Waals surface area (Å²) in [6.45, 7) is 2.64. The van der Waals surface area contributed by atoms with Crippen molar-refractivity contribution in [3.63, 3.8) is 0 Å². The number of aromatic amines is 1. The second kappa shape index (κ2) is 6.48. The van der Waals surface area contributed by atoms with Crippen LogP contribution >= 0.6 is 0 Å². The molecule has 3 rings (SSSR count). The maximum atomic E-state index is 12.2. The van der Waals surface area contributed by atoms with Crippen LogP contribution in [0.15, 0.2) is 36.7 Å². The number of nitrogens with one attached hydrogen (secondary N) is 2. The Morgan fingerprint density at radius 1 is 1.39 bits per heavy atom. The van der Waals surface area contributed by atoms with E-state index in [1.165, 1.54) is 0 Å². The summed E-state index contributed by atoms with van der Waals surface area (Å²) in [5.41, 5.74) is 3.25. The molecule has 0 radical (unpaired) electrons. The Hall–Kier alpha value is -2.89. The zero-order valence-electron chi connectivity index (χ0n) is 13.1. The van der Waals surface area contributed by atoms with Gasteiger partial charge in [-0.2, -0.15) is 0 Å². The number of H-pyrrole nitrogens is 1. The Morgan fingerprint density at radius 3 is 3.04 bits per heavy atom. The van der Waals surface area contributed by atoms with Crippen LogP contribution in [0, 0.1) is 0 Å². The molecule has 0 bridgehead atoms. The van der Waals surface area contributed by atoms with E-state index in [1.54, 1.807) is 19.5 Å². The molecule has 1 amide bonds. The third kappa shape index (κ3) is 3.01. The van der Waals surface area contributed by atoms with Crippen molar-refractivity contribution < 1.29 is 9.53 Å². The normalized spacial score (nSPS) is 10.7. The van der Waals surface area contributed by atoms with Gasteiger partial charge in [0.2, 0.25) is 0 Å². The van der Waals surface area contributed by atoms with E-state index in [9.17, 15) is 4.79 Å². The number of rotatable bonds is 5. The highest BCUT2D eigenvalue weighted by Gasteiger charge is 2.14. The molecule has 0 unspecified atom stereocenters. The van der Waals surface area contributed by atoms with Crippen molar-refractivity contribution in [2.24, 2.45) is 0 Å². The van der Waals surface area contributed by atoms with E-state index in [0.717, 1.165) is 17.7 Å². The van der Waals surface area contributed by atoms with Crippen LogP contribution in [0.1, 0.15) is 23.7 Å². The number of aromatic nitrogens is 3. The fourth-order valence-electron chi connectivity index (χ4n) is 2.32. The smallest absolute Gasteiger partial charge is 0.255 e. The third-order valence-corrected chi connectivity index (χ3v) is 3.53. The van der Waals surface area contributed by atoms with Crippen molar-refractivity contribution >= 4 is 17.1 Å². The molecule has 1 aromatic carbocycles. The molecule has 0 aliphatic carbocycles. The van der Waals surface area contributed by atoms with Gasteiger partial charge in [-0.15, -0.1) is 0 Å². The lowest BCUT2D eigenvalue weighted by atomic mass is 10.1. The summed E-state index contributed by atoms with van der Waals surface area (Å²) >= 11 is 0.